The Morgan fingerprint density at radius 2 is 1.00 bits per heavy atom. The summed E-state index contributed by atoms with van der Waals surface area (Å²) in [6.45, 7) is 19.2. The van der Waals surface area contributed by atoms with Crippen molar-refractivity contribution in [2.45, 2.75) is 132 Å². The quantitative estimate of drug-likeness (QED) is 0.181. The van der Waals surface area contributed by atoms with Crippen molar-refractivity contribution < 1.29 is 51.7 Å². The van der Waals surface area contributed by atoms with Gasteiger partial charge in [-0.1, -0.05) is 45.4 Å². The standard InChI is InChI=1S/C11H22O3.C4H9.3C3H8O.Ti/c1-2-3-4-5-6-7-8-9-14-10-11(12)13;1-4(2)3;3*1-3(2)4;/h2-10H2,1H3,(H,12,13);1-3H3;3*3-4H,1-2H3;/q;-1;;;;. The Hall–Kier alpha value is 0.0243. The molecule has 0 aromatic heterocycles. The molecule has 0 aliphatic heterocycles. The molecule has 0 aliphatic carbocycles. The van der Waals surface area contributed by atoms with Crippen LogP contribution in [0.4, 0.5) is 0 Å². The zero-order valence-electron chi connectivity index (χ0n) is 22.2. The van der Waals surface area contributed by atoms with Crippen molar-refractivity contribution in [1.29, 1.82) is 0 Å². The molecule has 7 heteroatoms. The molecule has 0 aromatic rings. The van der Waals surface area contributed by atoms with Gasteiger partial charge in [0.05, 0.1) is 0 Å². The number of rotatable bonds is 10. The number of carboxylic acids is 1. The van der Waals surface area contributed by atoms with Crippen molar-refractivity contribution in [3.05, 3.63) is 5.92 Å². The predicted octanol–water partition coefficient (Wildman–Crippen LogP) is 5.62. The third-order valence-corrected chi connectivity index (χ3v) is 2.12. The summed E-state index contributed by atoms with van der Waals surface area (Å²) in [7, 11) is 0. The summed E-state index contributed by atoms with van der Waals surface area (Å²) < 4.78 is 4.92. The molecule has 0 saturated carbocycles. The number of aliphatic hydroxyl groups excluding tert-OH is 3. The molecule has 0 bridgehead atoms. The van der Waals surface area contributed by atoms with E-state index in [0.29, 0.717) is 6.61 Å². The van der Waals surface area contributed by atoms with E-state index in [1.165, 1.54) is 38.0 Å². The minimum atomic E-state index is -0.882. The molecule has 0 radical (unpaired) electrons. The zero-order valence-corrected chi connectivity index (χ0v) is 23.8. The minimum absolute atomic E-state index is 0. The molecule has 0 atom stereocenters. The average Bonchev–Trinajstić information content (AvgIpc) is 2.51. The summed E-state index contributed by atoms with van der Waals surface area (Å²) in [6, 6.07) is 0. The van der Waals surface area contributed by atoms with E-state index in [-0.39, 0.29) is 46.6 Å². The van der Waals surface area contributed by atoms with E-state index in [1.54, 1.807) is 41.5 Å². The largest absolute Gasteiger partial charge is 0.480 e. The predicted molar refractivity (Wildman–Crippen MR) is 129 cm³/mol. The van der Waals surface area contributed by atoms with Crippen molar-refractivity contribution in [3.8, 4) is 0 Å². The molecule has 0 heterocycles. The van der Waals surface area contributed by atoms with E-state index in [0.717, 1.165) is 12.8 Å². The fraction of sp³-hybridized carbons (Fsp3) is 0.917. The van der Waals surface area contributed by atoms with E-state index in [2.05, 4.69) is 27.7 Å². The van der Waals surface area contributed by atoms with E-state index in [4.69, 9.17) is 25.2 Å². The van der Waals surface area contributed by atoms with Crippen LogP contribution in [0.5, 0.6) is 0 Å². The SMILES string of the molecule is CC(C)O.CC(C)O.CC(C)O.CCCCCCCCCOCC(=O)O.C[C-](C)C.[Ti]. The molecule has 0 rings (SSSR count). The summed E-state index contributed by atoms with van der Waals surface area (Å²) in [6.07, 6.45) is 8.12. The van der Waals surface area contributed by atoms with Crippen LogP contribution >= 0.6 is 0 Å². The van der Waals surface area contributed by atoms with Crippen LogP contribution in [-0.2, 0) is 31.2 Å². The molecule has 0 aliphatic rings. The maximum atomic E-state index is 10.1. The van der Waals surface area contributed by atoms with Gasteiger partial charge in [0.15, 0.2) is 0 Å². The normalized spacial score (nSPS) is 9.32. The molecular formula is C24H55O6Ti-. The Morgan fingerprint density at radius 3 is 1.26 bits per heavy atom. The first kappa shape index (κ1) is 44.7. The number of aliphatic hydroxyl groups is 3. The number of unbranched alkanes of at least 4 members (excludes halogenated alkanes) is 6. The Balaban J connectivity index is -0.0000000756. The van der Waals surface area contributed by atoms with Crippen molar-refractivity contribution >= 4 is 5.97 Å². The second-order valence-electron chi connectivity index (χ2n) is 8.35. The molecule has 31 heavy (non-hydrogen) atoms. The van der Waals surface area contributed by atoms with Gasteiger partial charge >= 0.3 is 5.97 Å². The molecule has 0 spiro atoms. The number of hydrogen-bond acceptors (Lipinski definition) is 5. The Bertz CT molecular complexity index is 250. The van der Waals surface area contributed by atoms with Crippen LogP contribution in [0, 0.1) is 5.92 Å². The molecule has 6 nitrogen and oxygen atoms in total. The van der Waals surface area contributed by atoms with Crippen LogP contribution < -0.4 is 0 Å². The molecule has 0 saturated heterocycles. The fourth-order valence-electron chi connectivity index (χ4n) is 1.32. The molecule has 192 valence electrons. The van der Waals surface area contributed by atoms with Gasteiger partial charge < -0.3 is 31.1 Å². The fourth-order valence-corrected chi connectivity index (χ4v) is 1.32. The summed E-state index contributed by atoms with van der Waals surface area (Å²) in [4.78, 5) is 10.1. The second-order valence-corrected chi connectivity index (χ2v) is 8.35. The topological polar surface area (TPSA) is 107 Å². The van der Waals surface area contributed by atoms with Gasteiger partial charge in [0, 0.05) is 46.6 Å². The van der Waals surface area contributed by atoms with Gasteiger partial charge in [-0.05, 0) is 48.0 Å². The van der Waals surface area contributed by atoms with E-state index in [9.17, 15) is 4.79 Å². The summed E-state index contributed by atoms with van der Waals surface area (Å²) in [5.41, 5.74) is 0. The third kappa shape index (κ3) is 194. The maximum Gasteiger partial charge on any atom is 0.329 e. The van der Waals surface area contributed by atoms with Gasteiger partial charge in [-0.3, -0.25) is 0 Å². The summed E-state index contributed by atoms with van der Waals surface area (Å²) >= 11 is 0. The summed E-state index contributed by atoms with van der Waals surface area (Å²) in [5, 5.41) is 32.5. The molecular weight excluding hydrogens is 432 g/mol. The van der Waals surface area contributed by atoms with Crippen LogP contribution in [0.15, 0.2) is 0 Å². The first-order valence-corrected chi connectivity index (χ1v) is 11.3. The van der Waals surface area contributed by atoms with Crippen molar-refractivity contribution in [2.75, 3.05) is 13.2 Å². The Kier molecular flexibility index (Phi) is 58.2. The van der Waals surface area contributed by atoms with Gasteiger partial charge in [-0.25, -0.2) is 4.79 Å². The smallest absolute Gasteiger partial charge is 0.329 e. The van der Waals surface area contributed by atoms with E-state index < -0.39 is 5.97 Å². The van der Waals surface area contributed by atoms with Gasteiger partial charge in [-0.15, -0.1) is 0 Å². The number of hydrogen-bond donors (Lipinski definition) is 4. The number of carboxylic acid groups (broad SMARTS) is 1. The second kappa shape index (κ2) is 40.4. The van der Waals surface area contributed by atoms with Crippen LogP contribution in [0.25, 0.3) is 0 Å². The van der Waals surface area contributed by atoms with Gasteiger partial charge in [0.25, 0.3) is 0 Å². The molecule has 0 aromatic carbocycles. The summed E-state index contributed by atoms with van der Waals surface area (Å²) in [5.74, 6) is 0.535. The Morgan fingerprint density at radius 1 is 0.742 bits per heavy atom. The average molecular weight is 488 g/mol. The van der Waals surface area contributed by atoms with Crippen molar-refractivity contribution in [3.63, 3.8) is 0 Å². The first-order valence-electron chi connectivity index (χ1n) is 11.3. The molecule has 0 amide bonds. The van der Waals surface area contributed by atoms with E-state index >= 15 is 0 Å². The number of aliphatic carboxylic acids is 1. The first-order chi connectivity index (χ1) is 13.7. The molecule has 0 fully saturated rings. The van der Waals surface area contributed by atoms with Crippen LogP contribution in [0.1, 0.15) is 114 Å². The van der Waals surface area contributed by atoms with Gasteiger partial charge in [0.1, 0.15) is 6.61 Å². The number of carbonyl (C=O) groups is 1. The van der Waals surface area contributed by atoms with Gasteiger partial charge in [-0.2, -0.15) is 20.8 Å². The molecule has 0 unspecified atom stereocenters. The zero-order chi connectivity index (χ0) is 25.0. The maximum absolute atomic E-state index is 10.1. The van der Waals surface area contributed by atoms with Crippen molar-refractivity contribution in [1.82, 2.24) is 0 Å². The minimum Gasteiger partial charge on any atom is -0.480 e. The van der Waals surface area contributed by atoms with Crippen LogP contribution in [0.2, 0.25) is 0 Å². The monoisotopic (exact) mass is 487 g/mol. The number of ether oxygens (including phenoxy) is 1. The van der Waals surface area contributed by atoms with Crippen LogP contribution in [0.3, 0.4) is 0 Å². The Labute approximate surface area is 209 Å². The van der Waals surface area contributed by atoms with E-state index in [1.807, 2.05) is 0 Å². The van der Waals surface area contributed by atoms with Crippen LogP contribution in [-0.4, -0.2) is 57.9 Å². The van der Waals surface area contributed by atoms with Crippen molar-refractivity contribution in [2.24, 2.45) is 0 Å². The third-order valence-electron chi connectivity index (χ3n) is 2.12. The molecule has 4 N–H and O–H groups in total. The van der Waals surface area contributed by atoms with Gasteiger partial charge in [0.2, 0.25) is 0 Å².